The molecule has 2 aromatic rings. The van der Waals surface area contributed by atoms with E-state index in [1.165, 1.54) is 15.7 Å². The lowest BCUT2D eigenvalue weighted by molar-refractivity contribution is 0.0689. The van der Waals surface area contributed by atoms with Crippen molar-refractivity contribution in [3.8, 4) is 0 Å². The number of rotatable bonds is 1. The third-order valence-electron chi connectivity index (χ3n) is 1.60. The Kier molecular flexibility index (Phi) is 1.78. The van der Waals surface area contributed by atoms with E-state index in [1.54, 1.807) is 6.20 Å². The van der Waals surface area contributed by atoms with Crippen LogP contribution in [0.15, 0.2) is 6.20 Å². The predicted molar refractivity (Wildman–Crippen MR) is 49.8 cm³/mol. The molecule has 0 aliphatic heterocycles. The second-order valence-electron chi connectivity index (χ2n) is 2.55. The second kappa shape index (κ2) is 2.71. The molecule has 0 saturated heterocycles. The lowest BCUT2D eigenvalue weighted by Crippen LogP contribution is -2.00. The summed E-state index contributed by atoms with van der Waals surface area (Å²) >= 11 is 7.06. The Morgan fingerprint density at radius 2 is 2.46 bits per heavy atom. The highest BCUT2D eigenvalue weighted by molar-refractivity contribution is 7.17. The molecular weight excluding hydrogens is 212 g/mol. The molecule has 0 bridgehead atoms. The van der Waals surface area contributed by atoms with Gasteiger partial charge >= 0.3 is 5.97 Å². The molecule has 0 amide bonds. The van der Waals surface area contributed by atoms with E-state index < -0.39 is 5.97 Å². The molecule has 0 aliphatic carbocycles. The molecule has 0 aliphatic rings. The third-order valence-corrected chi connectivity index (χ3v) is 2.76. The molecule has 1 N–H and O–H groups in total. The lowest BCUT2D eigenvalue weighted by Gasteiger charge is -1.89. The minimum atomic E-state index is -1.06. The van der Waals surface area contributed by atoms with Gasteiger partial charge in [-0.25, -0.2) is 9.78 Å². The molecular formula is C7H5ClN2O2S. The minimum absolute atomic E-state index is 0.0287. The number of carboxylic acids is 1. The number of aromatic carboxylic acids is 1. The van der Waals surface area contributed by atoms with Crippen molar-refractivity contribution in [3.05, 3.63) is 21.9 Å². The van der Waals surface area contributed by atoms with Crippen LogP contribution < -0.4 is 0 Å². The first-order valence-electron chi connectivity index (χ1n) is 3.47. The molecule has 0 saturated carbocycles. The fourth-order valence-corrected chi connectivity index (χ4v) is 2.25. The summed E-state index contributed by atoms with van der Waals surface area (Å²) in [5.74, 6) is -1.06. The Morgan fingerprint density at radius 1 is 1.77 bits per heavy atom. The fraction of sp³-hybridized carbons (Fsp3) is 0.143. The molecule has 0 atom stereocenters. The highest BCUT2D eigenvalue weighted by Crippen LogP contribution is 2.23. The maximum atomic E-state index is 10.8. The summed E-state index contributed by atoms with van der Waals surface area (Å²) in [5, 5.41) is 8.86. The average molecular weight is 217 g/mol. The van der Waals surface area contributed by atoms with Crippen molar-refractivity contribution in [1.29, 1.82) is 0 Å². The van der Waals surface area contributed by atoms with E-state index in [0.717, 1.165) is 4.88 Å². The van der Waals surface area contributed by atoms with Crippen LogP contribution in [0.4, 0.5) is 0 Å². The molecule has 2 aromatic heterocycles. The first kappa shape index (κ1) is 8.52. The minimum Gasteiger partial charge on any atom is -0.476 e. The number of carboxylic acid groups (broad SMARTS) is 1. The van der Waals surface area contributed by atoms with E-state index in [1.807, 2.05) is 6.92 Å². The van der Waals surface area contributed by atoms with Gasteiger partial charge in [-0.1, -0.05) is 11.6 Å². The predicted octanol–water partition coefficient (Wildman–Crippen LogP) is 2.06. The average Bonchev–Trinajstić information content (AvgIpc) is 2.41. The first-order chi connectivity index (χ1) is 6.09. The van der Waals surface area contributed by atoms with E-state index in [-0.39, 0.29) is 10.8 Å². The van der Waals surface area contributed by atoms with Gasteiger partial charge < -0.3 is 5.11 Å². The molecule has 6 heteroatoms. The molecule has 68 valence electrons. The summed E-state index contributed by atoms with van der Waals surface area (Å²) in [4.78, 5) is 16.3. The standard InChI is InChI=1S/C7H5ClN2O2S/c1-3-2-10-4(6(11)12)5(8)9-7(10)13-3/h2H,1H3,(H,11,12). The van der Waals surface area contributed by atoms with Crippen molar-refractivity contribution in [1.82, 2.24) is 9.38 Å². The van der Waals surface area contributed by atoms with Gasteiger partial charge in [0, 0.05) is 11.1 Å². The van der Waals surface area contributed by atoms with Crippen LogP contribution in [0.2, 0.25) is 5.15 Å². The maximum Gasteiger partial charge on any atom is 0.356 e. The zero-order valence-electron chi connectivity index (χ0n) is 6.61. The summed E-state index contributed by atoms with van der Waals surface area (Å²) in [7, 11) is 0. The van der Waals surface area contributed by atoms with Gasteiger partial charge in [-0.05, 0) is 6.92 Å². The highest BCUT2D eigenvalue weighted by Gasteiger charge is 2.18. The Balaban J connectivity index is 2.83. The molecule has 0 spiro atoms. The van der Waals surface area contributed by atoms with Gasteiger partial charge in [0.15, 0.2) is 15.8 Å². The number of aryl methyl sites for hydroxylation is 1. The summed E-state index contributed by atoms with van der Waals surface area (Å²) in [6.45, 7) is 1.89. The van der Waals surface area contributed by atoms with Crippen molar-refractivity contribution in [2.75, 3.05) is 0 Å². The van der Waals surface area contributed by atoms with E-state index >= 15 is 0 Å². The maximum absolute atomic E-state index is 10.8. The number of carbonyl (C=O) groups is 1. The SMILES string of the molecule is Cc1cn2c(C(=O)O)c(Cl)nc2s1. The number of fused-ring (bicyclic) bond motifs is 1. The third kappa shape index (κ3) is 1.20. The van der Waals surface area contributed by atoms with Crippen molar-refractivity contribution >= 4 is 33.9 Å². The van der Waals surface area contributed by atoms with Crippen LogP contribution in [-0.2, 0) is 0 Å². The van der Waals surface area contributed by atoms with E-state index in [4.69, 9.17) is 16.7 Å². The summed E-state index contributed by atoms with van der Waals surface area (Å²) in [6.07, 6.45) is 1.71. The largest absolute Gasteiger partial charge is 0.476 e. The number of hydrogen-bond donors (Lipinski definition) is 1. The first-order valence-corrected chi connectivity index (χ1v) is 4.66. The lowest BCUT2D eigenvalue weighted by atomic mass is 10.5. The topological polar surface area (TPSA) is 54.6 Å². The number of thiazole rings is 1. The zero-order chi connectivity index (χ0) is 9.59. The van der Waals surface area contributed by atoms with E-state index in [0.29, 0.717) is 4.96 Å². The van der Waals surface area contributed by atoms with Crippen LogP contribution in [-0.4, -0.2) is 20.5 Å². The van der Waals surface area contributed by atoms with E-state index in [2.05, 4.69) is 4.98 Å². The molecule has 13 heavy (non-hydrogen) atoms. The van der Waals surface area contributed by atoms with Crippen LogP contribution in [0.1, 0.15) is 15.4 Å². The number of imidazole rings is 1. The molecule has 0 unspecified atom stereocenters. The Hall–Kier alpha value is -1.07. The Bertz CT molecular complexity index is 488. The van der Waals surface area contributed by atoms with Gasteiger partial charge in [-0.2, -0.15) is 0 Å². The van der Waals surface area contributed by atoms with Gasteiger partial charge in [-0.3, -0.25) is 4.40 Å². The molecule has 2 rings (SSSR count). The zero-order valence-corrected chi connectivity index (χ0v) is 8.19. The summed E-state index contributed by atoms with van der Waals surface area (Å²) in [6, 6.07) is 0. The van der Waals surface area contributed by atoms with Gasteiger partial charge in [0.25, 0.3) is 0 Å². The number of aromatic nitrogens is 2. The molecule has 0 radical (unpaired) electrons. The fourth-order valence-electron chi connectivity index (χ4n) is 1.12. The second-order valence-corrected chi connectivity index (χ2v) is 4.12. The number of halogens is 1. The monoisotopic (exact) mass is 216 g/mol. The van der Waals surface area contributed by atoms with Crippen LogP contribution in [0.5, 0.6) is 0 Å². The molecule has 0 aromatic carbocycles. The van der Waals surface area contributed by atoms with Crippen molar-refractivity contribution in [3.63, 3.8) is 0 Å². The number of nitrogens with zero attached hydrogens (tertiary/aromatic N) is 2. The highest BCUT2D eigenvalue weighted by atomic mass is 35.5. The smallest absolute Gasteiger partial charge is 0.356 e. The Morgan fingerprint density at radius 3 is 3.08 bits per heavy atom. The van der Waals surface area contributed by atoms with E-state index in [9.17, 15) is 4.79 Å². The van der Waals surface area contributed by atoms with Crippen LogP contribution in [0, 0.1) is 6.92 Å². The summed E-state index contributed by atoms with van der Waals surface area (Å²) < 4.78 is 1.49. The van der Waals surface area contributed by atoms with Gasteiger partial charge in [-0.15, -0.1) is 11.3 Å². The normalized spacial score (nSPS) is 10.9. The van der Waals surface area contributed by atoms with Crippen LogP contribution in [0.3, 0.4) is 0 Å². The van der Waals surface area contributed by atoms with Gasteiger partial charge in [0.1, 0.15) is 0 Å². The van der Waals surface area contributed by atoms with Gasteiger partial charge in [0.2, 0.25) is 0 Å². The van der Waals surface area contributed by atoms with Crippen LogP contribution >= 0.6 is 22.9 Å². The Labute approximate surface area is 82.4 Å². The molecule has 4 nitrogen and oxygen atoms in total. The van der Waals surface area contributed by atoms with Gasteiger partial charge in [0.05, 0.1) is 0 Å². The quantitative estimate of drug-likeness (QED) is 0.794. The molecule has 2 heterocycles. The van der Waals surface area contributed by atoms with Crippen molar-refractivity contribution < 1.29 is 9.90 Å². The summed E-state index contributed by atoms with van der Waals surface area (Å²) in [5.41, 5.74) is 0.0287. The molecule has 0 fully saturated rings. The van der Waals surface area contributed by atoms with Crippen LogP contribution in [0.25, 0.3) is 4.96 Å². The number of hydrogen-bond acceptors (Lipinski definition) is 3. The van der Waals surface area contributed by atoms with Crippen molar-refractivity contribution in [2.24, 2.45) is 0 Å². The van der Waals surface area contributed by atoms with Crippen molar-refractivity contribution in [2.45, 2.75) is 6.92 Å².